The van der Waals surface area contributed by atoms with Crippen LogP contribution in [0.4, 0.5) is 10.5 Å². The molecule has 0 unspecified atom stereocenters. The van der Waals surface area contributed by atoms with E-state index in [1.807, 2.05) is 0 Å². The summed E-state index contributed by atoms with van der Waals surface area (Å²) in [5, 5.41) is 11.5. The van der Waals surface area contributed by atoms with Crippen LogP contribution in [0.25, 0.3) is 17.4 Å². The highest BCUT2D eigenvalue weighted by Crippen LogP contribution is 2.28. The van der Waals surface area contributed by atoms with Gasteiger partial charge in [0.1, 0.15) is 22.8 Å². The van der Waals surface area contributed by atoms with E-state index in [4.69, 9.17) is 9.15 Å². The summed E-state index contributed by atoms with van der Waals surface area (Å²) in [5.41, 5.74) is 1.24. The highest BCUT2D eigenvalue weighted by Gasteiger charge is 2.37. The zero-order valence-corrected chi connectivity index (χ0v) is 17.6. The zero-order valence-electron chi connectivity index (χ0n) is 17.6. The largest absolute Gasteiger partial charge is 0.497 e. The van der Waals surface area contributed by atoms with Crippen LogP contribution in [0.2, 0.25) is 0 Å². The van der Waals surface area contributed by atoms with Crippen molar-refractivity contribution in [1.82, 2.24) is 5.32 Å². The summed E-state index contributed by atoms with van der Waals surface area (Å²) in [6, 6.07) is 13.3. The maximum Gasteiger partial charge on any atom is 0.335 e. The molecule has 0 spiro atoms. The van der Waals surface area contributed by atoms with Gasteiger partial charge in [0.2, 0.25) is 0 Å². The lowest BCUT2D eigenvalue weighted by Crippen LogP contribution is -2.54. The third kappa shape index (κ3) is 4.11. The first-order chi connectivity index (χ1) is 15.8. The number of hydrogen-bond acceptors (Lipinski definition) is 6. The Balaban J connectivity index is 1.66. The minimum absolute atomic E-state index is 0.138. The Hall–Kier alpha value is -4.66. The number of carbonyl (C=O) groups excluding carboxylic acids is 3. The SMILES string of the molecule is COc1ccc(N2C(=O)NC(=O)/C(=C\c3ccc(-c4ccc(C)c(C(=O)O)c4)o3)C2=O)cc1. The van der Waals surface area contributed by atoms with Crippen molar-refractivity contribution in [2.75, 3.05) is 12.0 Å². The predicted molar refractivity (Wildman–Crippen MR) is 118 cm³/mol. The average molecular weight is 446 g/mol. The number of carboxylic acids is 1. The van der Waals surface area contributed by atoms with Gasteiger partial charge >= 0.3 is 12.0 Å². The molecule has 0 saturated carbocycles. The Morgan fingerprint density at radius 2 is 1.79 bits per heavy atom. The first kappa shape index (κ1) is 21.6. The van der Waals surface area contributed by atoms with Gasteiger partial charge in [0.05, 0.1) is 18.4 Å². The fourth-order valence-electron chi connectivity index (χ4n) is 3.36. The van der Waals surface area contributed by atoms with Crippen molar-refractivity contribution >= 4 is 35.6 Å². The summed E-state index contributed by atoms with van der Waals surface area (Å²) in [5.74, 6) is -1.63. The van der Waals surface area contributed by atoms with E-state index in [1.54, 1.807) is 37.3 Å². The minimum atomic E-state index is -1.06. The van der Waals surface area contributed by atoms with Gasteiger partial charge in [-0.25, -0.2) is 14.5 Å². The van der Waals surface area contributed by atoms with Crippen LogP contribution < -0.4 is 15.0 Å². The monoisotopic (exact) mass is 446 g/mol. The molecule has 1 aliphatic rings. The zero-order chi connectivity index (χ0) is 23.7. The smallest absolute Gasteiger partial charge is 0.335 e. The number of hydrogen-bond donors (Lipinski definition) is 2. The molecule has 9 heteroatoms. The van der Waals surface area contributed by atoms with Crippen LogP contribution in [0, 0.1) is 6.92 Å². The lowest BCUT2D eigenvalue weighted by molar-refractivity contribution is -0.122. The molecular formula is C24H18N2O7. The number of nitrogens with zero attached hydrogens (tertiary/aromatic N) is 1. The molecule has 4 amide bonds. The van der Waals surface area contributed by atoms with Gasteiger partial charge in [0, 0.05) is 5.56 Å². The number of furan rings is 1. The molecule has 4 rings (SSSR count). The van der Waals surface area contributed by atoms with Crippen LogP contribution in [0.15, 0.2) is 64.6 Å². The maximum atomic E-state index is 13.0. The quantitative estimate of drug-likeness (QED) is 0.453. The van der Waals surface area contributed by atoms with Gasteiger partial charge in [-0.3, -0.25) is 14.9 Å². The second-order valence-electron chi connectivity index (χ2n) is 7.19. The molecule has 0 atom stereocenters. The van der Waals surface area contributed by atoms with Crippen LogP contribution in [0.5, 0.6) is 5.75 Å². The van der Waals surface area contributed by atoms with E-state index < -0.39 is 23.8 Å². The standard InChI is InChI=1S/C24H18N2O7/c1-13-3-4-14(11-18(13)23(29)30)20-10-9-17(33-20)12-19-21(27)25-24(31)26(22(19)28)15-5-7-16(32-2)8-6-15/h3-12H,1-2H3,(H,29,30)(H,25,27,31)/b19-12+. The predicted octanol–water partition coefficient (Wildman–Crippen LogP) is 3.63. The number of benzene rings is 2. The number of rotatable bonds is 5. The van der Waals surface area contributed by atoms with E-state index in [-0.39, 0.29) is 22.6 Å². The first-order valence-electron chi connectivity index (χ1n) is 9.78. The highest BCUT2D eigenvalue weighted by molar-refractivity contribution is 6.39. The first-order valence-corrected chi connectivity index (χ1v) is 9.78. The molecule has 0 aliphatic carbocycles. The number of nitrogens with one attached hydrogen (secondary N) is 1. The number of urea groups is 1. The number of aryl methyl sites for hydroxylation is 1. The van der Waals surface area contributed by atoms with Crippen LogP contribution in [-0.2, 0) is 9.59 Å². The molecule has 3 aromatic rings. The summed E-state index contributed by atoms with van der Waals surface area (Å²) >= 11 is 0. The molecule has 1 saturated heterocycles. The van der Waals surface area contributed by atoms with E-state index in [0.29, 0.717) is 22.6 Å². The normalized spacial score (nSPS) is 15.0. The van der Waals surface area contributed by atoms with Crippen molar-refractivity contribution in [3.63, 3.8) is 0 Å². The Morgan fingerprint density at radius 1 is 1.06 bits per heavy atom. The van der Waals surface area contributed by atoms with Gasteiger partial charge in [0.25, 0.3) is 11.8 Å². The van der Waals surface area contributed by atoms with Crippen molar-refractivity contribution in [3.8, 4) is 17.1 Å². The van der Waals surface area contributed by atoms with Gasteiger partial charge in [-0.05, 0) is 61.0 Å². The molecule has 2 N–H and O–H groups in total. The summed E-state index contributed by atoms with van der Waals surface area (Å²) in [4.78, 5) is 49.9. The van der Waals surface area contributed by atoms with Gasteiger partial charge in [0.15, 0.2) is 0 Å². The van der Waals surface area contributed by atoms with Crippen LogP contribution in [0.3, 0.4) is 0 Å². The number of barbiturate groups is 1. The second kappa shape index (κ2) is 8.46. The molecule has 1 aliphatic heterocycles. The summed E-state index contributed by atoms with van der Waals surface area (Å²) < 4.78 is 10.8. The molecule has 0 bridgehead atoms. The van der Waals surface area contributed by atoms with Gasteiger partial charge in [-0.1, -0.05) is 12.1 Å². The number of carboxylic acid groups (broad SMARTS) is 1. The van der Waals surface area contributed by atoms with Gasteiger partial charge in [-0.2, -0.15) is 0 Å². The van der Waals surface area contributed by atoms with E-state index in [1.165, 1.54) is 37.5 Å². The molecule has 2 heterocycles. The van der Waals surface area contributed by atoms with E-state index in [0.717, 1.165) is 4.90 Å². The van der Waals surface area contributed by atoms with Gasteiger partial charge < -0.3 is 14.3 Å². The third-order valence-electron chi connectivity index (χ3n) is 5.10. The second-order valence-corrected chi connectivity index (χ2v) is 7.19. The fraction of sp³-hybridized carbons (Fsp3) is 0.0833. The molecule has 1 fully saturated rings. The lowest BCUT2D eigenvalue weighted by atomic mass is 10.0. The van der Waals surface area contributed by atoms with E-state index in [2.05, 4.69) is 5.32 Å². The van der Waals surface area contributed by atoms with Crippen LogP contribution in [-0.4, -0.2) is 36.0 Å². The molecular weight excluding hydrogens is 428 g/mol. The highest BCUT2D eigenvalue weighted by atomic mass is 16.5. The van der Waals surface area contributed by atoms with E-state index in [9.17, 15) is 24.3 Å². The number of amides is 4. The third-order valence-corrected chi connectivity index (χ3v) is 5.10. The minimum Gasteiger partial charge on any atom is -0.497 e. The molecule has 166 valence electrons. The number of carbonyl (C=O) groups is 4. The molecule has 1 aromatic heterocycles. The Bertz CT molecular complexity index is 1320. The number of imide groups is 2. The van der Waals surface area contributed by atoms with Crippen molar-refractivity contribution < 1.29 is 33.4 Å². The molecule has 2 aromatic carbocycles. The van der Waals surface area contributed by atoms with Crippen LogP contribution >= 0.6 is 0 Å². The van der Waals surface area contributed by atoms with Crippen molar-refractivity contribution in [2.24, 2.45) is 0 Å². The average Bonchev–Trinajstić information content (AvgIpc) is 3.26. The number of methoxy groups -OCH3 is 1. The van der Waals surface area contributed by atoms with Crippen molar-refractivity contribution in [1.29, 1.82) is 0 Å². The topological polar surface area (TPSA) is 126 Å². The van der Waals surface area contributed by atoms with E-state index >= 15 is 0 Å². The van der Waals surface area contributed by atoms with Crippen molar-refractivity contribution in [3.05, 3.63) is 77.1 Å². The number of ether oxygens (including phenoxy) is 1. The summed E-state index contributed by atoms with van der Waals surface area (Å²) in [6.45, 7) is 1.69. The van der Waals surface area contributed by atoms with Crippen molar-refractivity contribution in [2.45, 2.75) is 6.92 Å². The summed E-state index contributed by atoms with van der Waals surface area (Å²) in [7, 11) is 1.49. The van der Waals surface area contributed by atoms with Crippen LogP contribution in [0.1, 0.15) is 21.7 Å². The Morgan fingerprint density at radius 3 is 2.45 bits per heavy atom. The molecule has 0 radical (unpaired) electrons. The number of anilines is 1. The molecule has 9 nitrogen and oxygen atoms in total. The number of aromatic carboxylic acids is 1. The summed E-state index contributed by atoms with van der Waals surface area (Å²) in [6.07, 6.45) is 1.23. The lowest BCUT2D eigenvalue weighted by Gasteiger charge is -2.26. The Labute approximate surface area is 187 Å². The fourth-order valence-corrected chi connectivity index (χ4v) is 3.36. The van der Waals surface area contributed by atoms with Gasteiger partial charge in [-0.15, -0.1) is 0 Å². The maximum absolute atomic E-state index is 13.0. The molecule has 33 heavy (non-hydrogen) atoms. The Kier molecular flexibility index (Phi) is 5.53.